The molecule has 0 aliphatic rings. The standard InChI is InChI=1S/C20H18N4O5/c1-13-6-8-18(29-2)17(10-13)21-19(25)12-23-20(26)9-7-16(22-23)14-4-3-5-15(11-14)24(27)28/h3-11H,12H2,1-2H3,(H,21,25). The number of methoxy groups -OCH3 is 1. The molecule has 0 spiro atoms. The highest BCUT2D eigenvalue weighted by atomic mass is 16.6. The van der Waals surface area contributed by atoms with Gasteiger partial charge in [0.15, 0.2) is 0 Å². The molecule has 1 amide bonds. The van der Waals surface area contributed by atoms with E-state index < -0.39 is 16.4 Å². The fourth-order valence-electron chi connectivity index (χ4n) is 2.74. The Kier molecular flexibility index (Phi) is 5.68. The van der Waals surface area contributed by atoms with Crippen LogP contribution in [0.2, 0.25) is 0 Å². The van der Waals surface area contributed by atoms with E-state index in [4.69, 9.17) is 4.74 Å². The molecule has 3 rings (SSSR count). The summed E-state index contributed by atoms with van der Waals surface area (Å²) in [6, 6.07) is 14.0. The molecule has 0 unspecified atom stereocenters. The van der Waals surface area contributed by atoms with Crippen LogP contribution in [0, 0.1) is 17.0 Å². The van der Waals surface area contributed by atoms with Crippen LogP contribution in [0.5, 0.6) is 5.75 Å². The zero-order valence-electron chi connectivity index (χ0n) is 15.8. The summed E-state index contributed by atoms with van der Waals surface area (Å²) in [7, 11) is 1.49. The average Bonchev–Trinajstić information content (AvgIpc) is 2.70. The summed E-state index contributed by atoms with van der Waals surface area (Å²) in [5.74, 6) is 0.0364. The topological polar surface area (TPSA) is 116 Å². The average molecular weight is 394 g/mol. The van der Waals surface area contributed by atoms with Crippen LogP contribution < -0.4 is 15.6 Å². The van der Waals surface area contributed by atoms with Crippen molar-refractivity contribution in [3.63, 3.8) is 0 Å². The number of nitro benzene ring substituents is 1. The number of carbonyl (C=O) groups is 1. The fraction of sp³-hybridized carbons (Fsp3) is 0.150. The molecule has 0 saturated heterocycles. The van der Waals surface area contributed by atoms with Crippen LogP contribution in [-0.4, -0.2) is 27.7 Å². The van der Waals surface area contributed by atoms with Gasteiger partial charge in [0, 0.05) is 23.8 Å². The van der Waals surface area contributed by atoms with Gasteiger partial charge in [0.05, 0.1) is 23.4 Å². The van der Waals surface area contributed by atoms with Gasteiger partial charge in [-0.25, -0.2) is 4.68 Å². The van der Waals surface area contributed by atoms with Gasteiger partial charge in [-0.1, -0.05) is 18.2 Å². The first kappa shape index (κ1) is 19.7. The molecule has 1 aromatic heterocycles. The van der Waals surface area contributed by atoms with Gasteiger partial charge in [-0.15, -0.1) is 0 Å². The Morgan fingerprint density at radius 1 is 1.21 bits per heavy atom. The molecule has 0 aliphatic heterocycles. The van der Waals surface area contributed by atoms with Gasteiger partial charge in [-0.2, -0.15) is 5.10 Å². The third kappa shape index (κ3) is 4.64. The maximum atomic E-state index is 12.4. The van der Waals surface area contributed by atoms with Gasteiger partial charge in [-0.05, 0) is 30.7 Å². The second-order valence-electron chi connectivity index (χ2n) is 6.27. The number of hydrogen-bond acceptors (Lipinski definition) is 6. The van der Waals surface area contributed by atoms with E-state index in [0.29, 0.717) is 22.7 Å². The molecule has 29 heavy (non-hydrogen) atoms. The molecule has 3 aromatic rings. The van der Waals surface area contributed by atoms with Crippen molar-refractivity contribution in [3.05, 3.63) is 80.6 Å². The first-order valence-corrected chi connectivity index (χ1v) is 8.65. The lowest BCUT2D eigenvalue weighted by Crippen LogP contribution is -2.29. The summed E-state index contributed by atoms with van der Waals surface area (Å²) >= 11 is 0. The molecular formula is C20H18N4O5. The van der Waals surface area contributed by atoms with Gasteiger partial charge in [-0.3, -0.25) is 19.7 Å². The molecule has 9 nitrogen and oxygen atoms in total. The molecule has 2 aromatic carbocycles. The van der Waals surface area contributed by atoms with Crippen LogP contribution in [0.15, 0.2) is 59.4 Å². The summed E-state index contributed by atoms with van der Waals surface area (Å²) in [6.07, 6.45) is 0. The number of anilines is 1. The Labute approximate surface area is 165 Å². The highest BCUT2D eigenvalue weighted by molar-refractivity contribution is 5.92. The monoisotopic (exact) mass is 394 g/mol. The highest BCUT2D eigenvalue weighted by Gasteiger charge is 2.13. The molecule has 0 fully saturated rings. The van der Waals surface area contributed by atoms with E-state index in [2.05, 4.69) is 10.4 Å². The number of carbonyl (C=O) groups excluding carboxylic acids is 1. The smallest absolute Gasteiger partial charge is 0.270 e. The van der Waals surface area contributed by atoms with E-state index >= 15 is 0 Å². The molecule has 148 valence electrons. The summed E-state index contributed by atoms with van der Waals surface area (Å²) in [6.45, 7) is 1.56. The zero-order valence-corrected chi connectivity index (χ0v) is 15.8. The van der Waals surface area contributed by atoms with Crippen molar-refractivity contribution in [2.24, 2.45) is 0 Å². The van der Waals surface area contributed by atoms with Gasteiger partial charge in [0.2, 0.25) is 5.91 Å². The molecule has 0 atom stereocenters. The second-order valence-corrected chi connectivity index (χ2v) is 6.27. The predicted molar refractivity (Wildman–Crippen MR) is 107 cm³/mol. The van der Waals surface area contributed by atoms with Crippen molar-refractivity contribution in [2.45, 2.75) is 13.5 Å². The van der Waals surface area contributed by atoms with Gasteiger partial charge in [0.1, 0.15) is 12.3 Å². The Balaban J connectivity index is 1.85. The normalized spacial score (nSPS) is 10.4. The SMILES string of the molecule is COc1ccc(C)cc1NC(=O)Cn1nc(-c2cccc([N+](=O)[O-])c2)ccc1=O. The van der Waals surface area contributed by atoms with E-state index in [1.54, 1.807) is 18.2 Å². The van der Waals surface area contributed by atoms with Gasteiger partial charge < -0.3 is 10.1 Å². The van der Waals surface area contributed by atoms with Crippen molar-refractivity contribution in [3.8, 4) is 17.0 Å². The fourth-order valence-corrected chi connectivity index (χ4v) is 2.74. The van der Waals surface area contributed by atoms with Crippen molar-refractivity contribution < 1.29 is 14.5 Å². The first-order valence-electron chi connectivity index (χ1n) is 8.65. The van der Waals surface area contributed by atoms with Gasteiger partial charge in [0.25, 0.3) is 11.2 Å². The largest absolute Gasteiger partial charge is 0.495 e. The molecule has 0 saturated carbocycles. The number of amides is 1. The summed E-state index contributed by atoms with van der Waals surface area (Å²) in [5.41, 5.74) is 1.67. The lowest BCUT2D eigenvalue weighted by atomic mass is 10.1. The van der Waals surface area contributed by atoms with E-state index in [-0.39, 0.29) is 12.2 Å². The van der Waals surface area contributed by atoms with Crippen molar-refractivity contribution in [1.82, 2.24) is 9.78 Å². The van der Waals surface area contributed by atoms with Crippen LogP contribution >= 0.6 is 0 Å². The number of nitro groups is 1. The number of ether oxygens (including phenoxy) is 1. The molecular weight excluding hydrogens is 376 g/mol. The number of nitrogens with zero attached hydrogens (tertiary/aromatic N) is 3. The zero-order chi connectivity index (χ0) is 21.0. The van der Waals surface area contributed by atoms with E-state index in [1.807, 2.05) is 13.0 Å². The van der Waals surface area contributed by atoms with Crippen molar-refractivity contribution >= 4 is 17.3 Å². The van der Waals surface area contributed by atoms with Crippen LogP contribution in [0.1, 0.15) is 5.56 Å². The minimum absolute atomic E-state index is 0.0914. The summed E-state index contributed by atoms with van der Waals surface area (Å²) in [4.78, 5) is 35.0. The van der Waals surface area contributed by atoms with Crippen molar-refractivity contribution in [1.29, 1.82) is 0 Å². The van der Waals surface area contributed by atoms with E-state index in [1.165, 1.54) is 37.4 Å². The Morgan fingerprint density at radius 2 is 2.00 bits per heavy atom. The second kappa shape index (κ2) is 8.34. The lowest BCUT2D eigenvalue weighted by molar-refractivity contribution is -0.384. The maximum absolute atomic E-state index is 12.4. The number of rotatable bonds is 6. The minimum atomic E-state index is -0.512. The highest BCUT2D eigenvalue weighted by Crippen LogP contribution is 2.25. The number of aromatic nitrogens is 2. The molecule has 0 bridgehead atoms. The van der Waals surface area contributed by atoms with Crippen molar-refractivity contribution in [2.75, 3.05) is 12.4 Å². The molecule has 9 heteroatoms. The molecule has 1 N–H and O–H groups in total. The summed E-state index contributed by atoms with van der Waals surface area (Å²) < 4.78 is 6.23. The predicted octanol–water partition coefficient (Wildman–Crippen LogP) is 2.77. The quantitative estimate of drug-likeness (QED) is 0.508. The Hall–Kier alpha value is -4.01. The number of non-ortho nitro benzene ring substituents is 1. The maximum Gasteiger partial charge on any atom is 0.270 e. The molecule has 1 heterocycles. The lowest BCUT2D eigenvalue weighted by Gasteiger charge is -2.12. The van der Waals surface area contributed by atoms with Gasteiger partial charge >= 0.3 is 0 Å². The minimum Gasteiger partial charge on any atom is -0.495 e. The number of hydrogen-bond donors (Lipinski definition) is 1. The molecule has 0 aliphatic carbocycles. The Morgan fingerprint density at radius 3 is 2.72 bits per heavy atom. The third-order valence-corrected chi connectivity index (χ3v) is 4.14. The van der Waals surface area contributed by atoms with E-state index in [0.717, 1.165) is 10.2 Å². The third-order valence-electron chi connectivity index (χ3n) is 4.14. The van der Waals surface area contributed by atoms with Crippen LogP contribution in [-0.2, 0) is 11.3 Å². The van der Waals surface area contributed by atoms with Crippen LogP contribution in [0.4, 0.5) is 11.4 Å². The van der Waals surface area contributed by atoms with Crippen LogP contribution in [0.25, 0.3) is 11.3 Å². The Bertz CT molecular complexity index is 1140. The van der Waals surface area contributed by atoms with Crippen LogP contribution in [0.3, 0.4) is 0 Å². The van der Waals surface area contributed by atoms with E-state index in [9.17, 15) is 19.7 Å². The first-order chi connectivity index (χ1) is 13.9. The number of benzene rings is 2. The number of nitrogens with one attached hydrogen (secondary N) is 1. The summed E-state index contributed by atoms with van der Waals surface area (Å²) in [5, 5.41) is 17.9. The number of aryl methyl sites for hydroxylation is 1. The molecule has 0 radical (unpaired) electrons.